The van der Waals surface area contributed by atoms with Crippen LogP contribution in [0.15, 0.2) is 30.6 Å². The standard InChI is InChI=1S/C13H10N4O2/c1-8-2-3-11(12(16-8)13(18)19)17-10-4-9(5-14)6-15-7-10/h2-4,6-7,17H,1H3,(H,18,19). The number of pyridine rings is 2. The zero-order chi connectivity index (χ0) is 13.8. The number of nitrogens with zero attached hydrogens (tertiary/aromatic N) is 3. The average Bonchev–Trinajstić information content (AvgIpc) is 2.41. The highest BCUT2D eigenvalue weighted by molar-refractivity contribution is 5.93. The fourth-order valence-electron chi connectivity index (χ4n) is 1.55. The molecule has 0 spiro atoms. The number of aromatic nitrogens is 2. The van der Waals surface area contributed by atoms with Crippen molar-refractivity contribution in [2.24, 2.45) is 0 Å². The van der Waals surface area contributed by atoms with E-state index in [9.17, 15) is 4.79 Å². The van der Waals surface area contributed by atoms with E-state index in [1.807, 2.05) is 6.07 Å². The molecule has 0 radical (unpaired) electrons. The van der Waals surface area contributed by atoms with Gasteiger partial charge in [0, 0.05) is 11.9 Å². The molecular weight excluding hydrogens is 244 g/mol. The predicted molar refractivity (Wildman–Crippen MR) is 68.2 cm³/mol. The smallest absolute Gasteiger partial charge is 0.356 e. The van der Waals surface area contributed by atoms with Gasteiger partial charge in [0.2, 0.25) is 0 Å². The van der Waals surface area contributed by atoms with Crippen LogP contribution in [0.5, 0.6) is 0 Å². The Morgan fingerprint density at radius 2 is 2.21 bits per heavy atom. The molecule has 0 aliphatic heterocycles. The Hall–Kier alpha value is -2.94. The van der Waals surface area contributed by atoms with Gasteiger partial charge in [-0.3, -0.25) is 4.98 Å². The highest BCUT2D eigenvalue weighted by Gasteiger charge is 2.12. The Morgan fingerprint density at radius 3 is 2.89 bits per heavy atom. The fourth-order valence-corrected chi connectivity index (χ4v) is 1.55. The van der Waals surface area contributed by atoms with E-state index in [1.54, 1.807) is 25.1 Å². The van der Waals surface area contributed by atoms with Crippen molar-refractivity contribution in [1.29, 1.82) is 5.26 Å². The first-order valence-corrected chi connectivity index (χ1v) is 5.43. The van der Waals surface area contributed by atoms with Gasteiger partial charge in [-0.1, -0.05) is 0 Å². The highest BCUT2D eigenvalue weighted by atomic mass is 16.4. The molecular formula is C13H10N4O2. The molecule has 6 heteroatoms. The fraction of sp³-hybridized carbons (Fsp3) is 0.0769. The summed E-state index contributed by atoms with van der Waals surface area (Å²) in [6.07, 6.45) is 2.93. The number of carboxylic acid groups (broad SMARTS) is 1. The normalized spacial score (nSPS) is 9.68. The van der Waals surface area contributed by atoms with Crippen LogP contribution in [0.1, 0.15) is 21.7 Å². The van der Waals surface area contributed by atoms with Gasteiger partial charge in [-0.05, 0) is 25.1 Å². The van der Waals surface area contributed by atoms with Crippen LogP contribution in [0.25, 0.3) is 0 Å². The van der Waals surface area contributed by atoms with E-state index >= 15 is 0 Å². The molecule has 0 saturated carbocycles. The lowest BCUT2D eigenvalue weighted by molar-refractivity contribution is 0.0691. The van der Waals surface area contributed by atoms with Crippen LogP contribution < -0.4 is 5.32 Å². The largest absolute Gasteiger partial charge is 0.476 e. The van der Waals surface area contributed by atoms with Crippen molar-refractivity contribution in [2.45, 2.75) is 6.92 Å². The SMILES string of the molecule is Cc1ccc(Nc2cncc(C#N)c2)c(C(=O)O)n1. The van der Waals surface area contributed by atoms with Crippen molar-refractivity contribution in [3.05, 3.63) is 47.5 Å². The molecule has 0 fully saturated rings. The van der Waals surface area contributed by atoms with Gasteiger partial charge in [0.15, 0.2) is 5.69 Å². The first-order chi connectivity index (χ1) is 9.10. The summed E-state index contributed by atoms with van der Waals surface area (Å²) in [5, 5.41) is 20.8. The van der Waals surface area contributed by atoms with E-state index in [0.717, 1.165) is 0 Å². The molecule has 2 aromatic rings. The number of anilines is 2. The number of carboxylic acids is 1. The van der Waals surface area contributed by atoms with Gasteiger partial charge in [-0.25, -0.2) is 9.78 Å². The summed E-state index contributed by atoms with van der Waals surface area (Å²) in [5.74, 6) is -1.12. The van der Waals surface area contributed by atoms with Gasteiger partial charge in [-0.2, -0.15) is 5.26 Å². The summed E-state index contributed by atoms with van der Waals surface area (Å²) in [6.45, 7) is 1.72. The molecule has 6 nitrogen and oxygen atoms in total. The van der Waals surface area contributed by atoms with Crippen LogP contribution in [0.2, 0.25) is 0 Å². The Labute approximate surface area is 109 Å². The number of nitrogens with one attached hydrogen (secondary N) is 1. The summed E-state index contributed by atoms with van der Waals surface area (Å²) in [6, 6.07) is 6.88. The molecule has 94 valence electrons. The number of hydrogen-bond donors (Lipinski definition) is 2. The van der Waals surface area contributed by atoms with Gasteiger partial charge in [0.05, 0.1) is 23.1 Å². The molecule has 0 aliphatic rings. The van der Waals surface area contributed by atoms with Crippen molar-refractivity contribution < 1.29 is 9.90 Å². The molecule has 0 unspecified atom stereocenters. The lowest BCUT2D eigenvalue weighted by atomic mass is 10.2. The van der Waals surface area contributed by atoms with E-state index in [2.05, 4.69) is 15.3 Å². The van der Waals surface area contributed by atoms with E-state index in [-0.39, 0.29) is 5.69 Å². The minimum absolute atomic E-state index is 0.0673. The molecule has 0 aromatic carbocycles. The quantitative estimate of drug-likeness (QED) is 0.870. The third-order valence-corrected chi connectivity index (χ3v) is 2.38. The van der Waals surface area contributed by atoms with Crippen LogP contribution in [0, 0.1) is 18.3 Å². The molecule has 2 heterocycles. The second-order valence-electron chi connectivity index (χ2n) is 3.85. The summed E-state index contributed by atoms with van der Waals surface area (Å²) in [5.41, 5.74) is 1.83. The van der Waals surface area contributed by atoms with E-state index in [1.165, 1.54) is 12.4 Å². The Morgan fingerprint density at radius 1 is 1.42 bits per heavy atom. The zero-order valence-electron chi connectivity index (χ0n) is 10.1. The van der Waals surface area contributed by atoms with Crippen LogP contribution in [0.3, 0.4) is 0 Å². The second kappa shape index (κ2) is 5.14. The molecule has 2 rings (SSSR count). The highest BCUT2D eigenvalue weighted by Crippen LogP contribution is 2.20. The summed E-state index contributed by atoms with van der Waals surface area (Å²) in [4.78, 5) is 19.0. The third-order valence-electron chi connectivity index (χ3n) is 2.38. The topological polar surface area (TPSA) is 98.9 Å². The van der Waals surface area contributed by atoms with E-state index in [0.29, 0.717) is 22.6 Å². The number of nitriles is 1. The van der Waals surface area contributed by atoms with Gasteiger partial charge in [0.1, 0.15) is 6.07 Å². The van der Waals surface area contributed by atoms with Crippen molar-refractivity contribution >= 4 is 17.3 Å². The van der Waals surface area contributed by atoms with Crippen LogP contribution >= 0.6 is 0 Å². The Bertz CT molecular complexity index is 677. The molecule has 0 aliphatic carbocycles. The first-order valence-electron chi connectivity index (χ1n) is 5.43. The van der Waals surface area contributed by atoms with Crippen molar-refractivity contribution in [2.75, 3.05) is 5.32 Å². The maximum atomic E-state index is 11.1. The lowest BCUT2D eigenvalue weighted by Crippen LogP contribution is -2.06. The van der Waals surface area contributed by atoms with Crippen LogP contribution in [-0.2, 0) is 0 Å². The average molecular weight is 254 g/mol. The number of carbonyl (C=O) groups is 1. The van der Waals surface area contributed by atoms with Crippen molar-refractivity contribution in [3.8, 4) is 6.07 Å². The summed E-state index contributed by atoms with van der Waals surface area (Å²) in [7, 11) is 0. The minimum atomic E-state index is -1.12. The van der Waals surface area contributed by atoms with E-state index < -0.39 is 5.97 Å². The minimum Gasteiger partial charge on any atom is -0.476 e. The van der Waals surface area contributed by atoms with Gasteiger partial charge in [0.25, 0.3) is 0 Å². The first kappa shape index (κ1) is 12.5. The van der Waals surface area contributed by atoms with Gasteiger partial charge in [-0.15, -0.1) is 0 Å². The third kappa shape index (κ3) is 2.84. The van der Waals surface area contributed by atoms with Crippen LogP contribution in [-0.4, -0.2) is 21.0 Å². The molecule has 2 aromatic heterocycles. The lowest BCUT2D eigenvalue weighted by Gasteiger charge is -2.09. The monoisotopic (exact) mass is 254 g/mol. The zero-order valence-corrected chi connectivity index (χ0v) is 10.1. The molecule has 0 amide bonds. The van der Waals surface area contributed by atoms with Gasteiger partial charge < -0.3 is 10.4 Å². The molecule has 0 bridgehead atoms. The molecule has 0 atom stereocenters. The Balaban J connectivity index is 2.38. The van der Waals surface area contributed by atoms with Crippen molar-refractivity contribution in [3.63, 3.8) is 0 Å². The maximum Gasteiger partial charge on any atom is 0.356 e. The summed E-state index contributed by atoms with van der Waals surface area (Å²) >= 11 is 0. The number of rotatable bonds is 3. The second-order valence-corrected chi connectivity index (χ2v) is 3.85. The molecule has 19 heavy (non-hydrogen) atoms. The number of aryl methyl sites for hydroxylation is 1. The Kier molecular flexibility index (Phi) is 3.39. The van der Waals surface area contributed by atoms with Gasteiger partial charge >= 0.3 is 5.97 Å². The summed E-state index contributed by atoms with van der Waals surface area (Å²) < 4.78 is 0. The number of aromatic carboxylic acids is 1. The van der Waals surface area contributed by atoms with E-state index in [4.69, 9.17) is 10.4 Å². The molecule has 2 N–H and O–H groups in total. The maximum absolute atomic E-state index is 11.1. The molecule has 0 saturated heterocycles. The number of hydrogen-bond acceptors (Lipinski definition) is 5. The van der Waals surface area contributed by atoms with Crippen molar-refractivity contribution in [1.82, 2.24) is 9.97 Å². The predicted octanol–water partition coefficient (Wildman–Crippen LogP) is 2.10. The van der Waals surface area contributed by atoms with Crippen LogP contribution in [0.4, 0.5) is 11.4 Å².